The second-order valence-electron chi connectivity index (χ2n) is 6.52. The van der Waals surface area contributed by atoms with E-state index >= 15 is 0 Å². The smallest absolute Gasteiger partial charge is 0.242 e. The molecule has 126 valence electrons. The third-order valence-corrected chi connectivity index (χ3v) is 7.13. The number of likely N-dealkylation sites (tertiary alicyclic amines) is 1. The molecule has 0 spiro atoms. The molecule has 7 heteroatoms. The average molecular weight is 340 g/mol. The molecule has 2 N–H and O–H groups in total. The monoisotopic (exact) mass is 340 g/mol. The molecular formula is C16H21FN2O3S. The van der Waals surface area contributed by atoms with E-state index in [9.17, 15) is 17.6 Å². The Bertz CT molecular complexity index is 697. The van der Waals surface area contributed by atoms with Crippen molar-refractivity contribution in [3.63, 3.8) is 0 Å². The predicted octanol–water partition coefficient (Wildman–Crippen LogP) is 1.47. The fourth-order valence-electron chi connectivity index (χ4n) is 3.52. The molecular weight excluding hydrogens is 319 g/mol. The Morgan fingerprint density at radius 1 is 1.22 bits per heavy atom. The summed E-state index contributed by atoms with van der Waals surface area (Å²) in [6.45, 7) is 0.570. The molecule has 1 amide bonds. The van der Waals surface area contributed by atoms with Crippen LogP contribution in [0.4, 0.5) is 4.39 Å². The Balaban J connectivity index is 1.74. The maximum Gasteiger partial charge on any atom is 0.242 e. The van der Waals surface area contributed by atoms with Crippen LogP contribution < -0.4 is 5.73 Å². The van der Waals surface area contributed by atoms with E-state index in [1.165, 1.54) is 12.1 Å². The number of sulfone groups is 1. The normalized spacial score (nSPS) is 24.1. The summed E-state index contributed by atoms with van der Waals surface area (Å²) >= 11 is 0. The molecule has 0 aromatic heterocycles. The number of rotatable bonds is 3. The van der Waals surface area contributed by atoms with E-state index in [4.69, 9.17) is 5.73 Å². The minimum Gasteiger partial charge on any atom is -0.340 e. The largest absolute Gasteiger partial charge is 0.340 e. The molecule has 0 radical (unpaired) electrons. The Morgan fingerprint density at radius 2 is 1.83 bits per heavy atom. The minimum absolute atomic E-state index is 0.0986. The van der Waals surface area contributed by atoms with Crippen molar-refractivity contribution in [2.24, 2.45) is 5.73 Å². The molecule has 1 heterocycles. The first kappa shape index (κ1) is 16.4. The number of amides is 1. The first-order valence-electron chi connectivity index (χ1n) is 7.91. The number of nitrogens with zero attached hydrogens (tertiary/aromatic N) is 1. The summed E-state index contributed by atoms with van der Waals surface area (Å²) in [5, 5.41) is -0.651. The van der Waals surface area contributed by atoms with Gasteiger partial charge in [-0.25, -0.2) is 12.8 Å². The molecule has 1 aliphatic carbocycles. The number of benzene rings is 1. The van der Waals surface area contributed by atoms with E-state index in [-0.39, 0.29) is 17.3 Å². The van der Waals surface area contributed by atoms with E-state index < -0.39 is 26.4 Å². The Morgan fingerprint density at radius 3 is 2.43 bits per heavy atom. The zero-order valence-corrected chi connectivity index (χ0v) is 13.7. The first-order chi connectivity index (χ1) is 10.8. The van der Waals surface area contributed by atoms with Crippen molar-refractivity contribution < 1.29 is 17.6 Å². The van der Waals surface area contributed by atoms with Gasteiger partial charge in [-0.05, 0) is 43.5 Å². The van der Waals surface area contributed by atoms with Crippen molar-refractivity contribution in [2.75, 3.05) is 13.1 Å². The standard InChI is InChI=1S/C16H21FN2O3S/c17-12-3-5-13(6-4-12)23(21,22)14-7-10-19(11-14)15(20)16(18)8-1-2-9-16/h3-6,14H,1-2,7-11,18H2. The van der Waals surface area contributed by atoms with Crippen LogP contribution in [0, 0.1) is 5.82 Å². The SMILES string of the molecule is NC1(C(=O)N2CCC(S(=O)(=O)c3ccc(F)cc3)C2)CCCC1. The van der Waals surface area contributed by atoms with E-state index in [0.717, 1.165) is 25.0 Å². The maximum atomic E-state index is 13.0. The molecule has 23 heavy (non-hydrogen) atoms. The van der Waals surface area contributed by atoms with Gasteiger partial charge < -0.3 is 10.6 Å². The molecule has 2 aliphatic rings. The molecule has 1 aliphatic heterocycles. The summed E-state index contributed by atoms with van der Waals surface area (Å²) in [7, 11) is -3.57. The third kappa shape index (κ3) is 2.99. The third-order valence-electron chi connectivity index (χ3n) is 4.93. The van der Waals surface area contributed by atoms with Gasteiger partial charge in [0.25, 0.3) is 0 Å². The highest BCUT2D eigenvalue weighted by Gasteiger charge is 2.44. The van der Waals surface area contributed by atoms with Gasteiger partial charge in [0.2, 0.25) is 5.91 Å². The number of hydrogen-bond donors (Lipinski definition) is 1. The van der Waals surface area contributed by atoms with Crippen molar-refractivity contribution in [1.82, 2.24) is 4.90 Å². The van der Waals surface area contributed by atoms with Crippen molar-refractivity contribution in [3.8, 4) is 0 Å². The summed E-state index contributed by atoms with van der Waals surface area (Å²) in [5.41, 5.74) is 5.36. The maximum absolute atomic E-state index is 13.0. The molecule has 3 rings (SSSR count). The number of nitrogens with two attached hydrogens (primary N) is 1. The molecule has 1 saturated carbocycles. The lowest BCUT2D eigenvalue weighted by Gasteiger charge is -2.28. The Hall–Kier alpha value is -1.47. The lowest BCUT2D eigenvalue weighted by molar-refractivity contribution is -0.135. The van der Waals surface area contributed by atoms with E-state index in [1.54, 1.807) is 4.90 Å². The molecule has 1 unspecified atom stereocenters. The van der Waals surface area contributed by atoms with Crippen molar-refractivity contribution in [1.29, 1.82) is 0 Å². The van der Waals surface area contributed by atoms with Crippen LogP contribution in [-0.2, 0) is 14.6 Å². The van der Waals surface area contributed by atoms with E-state index in [1.807, 2.05) is 0 Å². The highest BCUT2D eigenvalue weighted by molar-refractivity contribution is 7.92. The lowest BCUT2D eigenvalue weighted by Crippen LogP contribution is -2.53. The van der Waals surface area contributed by atoms with Crippen LogP contribution in [0.3, 0.4) is 0 Å². The van der Waals surface area contributed by atoms with Gasteiger partial charge in [0, 0.05) is 13.1 Å². The summed E-state index contributed by atoms with van der Waals surface area (Å²) in [6.07, 6.45) is 3.59. The van der Waals surface area contributed by atoms with Gasteiger partial charge in [-0.2, -0.15) is 0 Å². The van der Waals surface area contributed by atoms with Gasteiger partial charge in [-0.1, -0.05) is 12.8 Å². The number of halogens is 1. The van der Waals surface area contributed by atoms with Gasteiger partial charge in [0.05, 0.1) is 15.7 Å². The highest BCUT2D eigenvalue weighted by Crippen LogP contribution is 2.32. The summed E-state index contributed by atoms with van der Waals surface area (Å²) in [6, 6.07) is 4.82. The molecule has 1 aromatic carbocycles. The second-order valence-corrected chi connectivity index (χ2v) is 8.75. The number of hydrogen-bond acceptors (Lipinski definition) is 4. The molecule has 5 nitrogen and oxygen atoms in total. The topological polar surface area (TPSA) is 80.5 Å². The fraction of sp³-hybridized carbons (Fsp3) is 0.562. The van der Waals surface area contributed by atoms with Crippen LogP contribution >= 0.6 is 0 Å². The van der Waals surface area contributed by atoms with Crippen LogP contribution in [0.15, 0.2) is 29.2 Å². The van der Waals surface area contributed by atoms with Crippen LogP contribution in [0.2, 0.25) is 0 Å². The Labute approximate surface area is 135 Å². The van der Waals surface area contributed by atoms with Gasteiger partial charge in [-0.3, -0.25) is 4.79 Å². The lowest BCUT2D eigenvalue weighted by atomic mass is 9.97. The van der Waals surface area contributed by atoms with Gasteiger partial charge >= 0.3 is 0 Å². The van der Waals surface area contributed by atoms with Crippen LogP contribution in [-0.4, -0.2) is 43.1 Å². The summed E-state index contributed by atoms with van der Waals surface area (Å²) in [5.74, 6) is -0.606. The van der Waals surface area contributed by atoms with Crippen LogP contribution in [0.1, 0.15) is 32.1 Å². The van der Waals surface area contributed by atoms with Gasteiger partial charge in [-0.15, -0.1) is 0 Å². The second kappa shape index (κ2) is 5.87. The molecule has 1 atom stereocenters. The van der Waals surface area contributed by atoms with Crippen molar-refractivity contribution in [3.05, 3.63) is 30.1 Å². The summed E-state index contributed by atoms with van der Waals surface area (Å²) < 4.78 is 38.2. The van der Waals surface area contributed by atoms with Crippen molar-refractivity contribution in [2.45, 2.75) is 47.8 Å². The van der Waals surface area contributed by atoms with E-state index in [2.05, 4.69) is 0 Å². The van der Waals surface area contributed by atoms with Gasteiger partial charge in [0.1, 0.15) is 5.82 Å². The molecule has 1 aromatic rings. The van der Waals surface area contributed by atoms with E-state index in [0.29, 0.717) is 25.8 Å². The molecule has 2 fully saturated rings. The number of carbonyl (C=O) groups is 1. The number of carbonyl (C=O) groups excluding carboxylic acids is 1. The summed E-state index contributed by atoms with van der Waals surface area (Å²) in [4.78, 5) is 14.3. The first-order valence-corrected chi connectivity index (χ1v) is 9.45. The average Bonchev–Trinajstić information content (AvgIpc) is 3.17. The van der Waals surface area contributed by atoms with Gasteiger partial charge in [0.15, 0.2) is 9.84 Å². The van der Waals surface area contributed by atoms with Crippen molar-refractivity contribution >= 4 is 15.7 Å². The highest BCUT2D eigenvalue weighted by atomic mass is 32.2. The fourth-order valence-corrected chi connectivity index (χ4v) is 5.21. The Kier molecular flexibility index (Phi) is 4.18. The molecule has 0 bridgehead atoms. The van der Waals surface area contributed by atoms with Crippen LogP contribution in [0.25, 0.3) is 0 Å². The van der Waals surface area contributed by atoms with Crippen LogP contribution in [0.5, 0.6) is 0 Å². The molecule has 1 saturated heterocycles. The predicted molar refractivity (Wildman–Crippen MR) is 84.0 cm³/mol. The zero-order chi connectivity index (χ0) is 16.7. The zero-order valence-electron chi connectivity index (χ0n) is 12.9. The quantitative estimate of drug-likeness (QED) is 0.845. The minimum atomic E-state index is -3.57.